The Morgan fingerprint density at radius 3 is 2.55 bits per heavy atom. The number of nitrogens with one attached hydrogen (secondary N) is 1. The van der Waals surface area contributed by atoms with Gasteiger partial charge in [-0.15, -0.1) is 0 Å². The first-order valence-electron chi connectivity index (χ1n) is 6.78. The molecule has 0 saturated carbocycles. The Morgan fingerprint density at radius 2 is 2.05 bits per heavy atom. The second kappa shape index (κ2) is 8.09. The lowest BCUT2D eigenvalue weighted by Crippen LogP contribution is -2.42. The zero-order valence-electron chi connectivity index (χ0n) is 12.7. The molecule has 0 saturated heterocycles. The summed E-state index contributed by atoms with van der Waals surface area (Å²) in [6.45, 7) is 2.98. The molecule has 0 aliphatic heterocycles. The van der Waals surface area contributed by atoms with Crippen LogP contribution in [0.3, 0.4) is 0 Å². The van der Waals surface area contributed by atoms with E-state index in [0.717, 1.165) is 18.4 Å². The summed E-state index contributed by atoms with van der Waals surface area (Å²) < 4.78 is 28.3. The Morgan fingerprint density at radius 1 is 1.35 bits per heavy atom. The highest BCUT2D eigenvalue weighted by Crippen LogP contribution is 2.20. The number of hydrogen-bond donors (Lipinski definition) is 1. The third-order valence-corrected chi connectivity index (χ3v) is 5.48. The summed E-state index contributed by atoms with van der Waals surface area (Å²) >= 11 is 1.62. The SMILES string of the molecule is CCCCN(C)S(=O)(=O)NCC(c1ccsc1)N(C)C. The van der Waals surface area contributed by atoms with Gasteiger partial charge >= 0.3 is 0 Å². The molecule has 1 rings (SSSR count). The fourth-order valence-corrected chi connectivity index (χ4v) is 3.52. The van der Waals surface area contributed by atoms with Crippen molar-refractivity contribution in [2.24, 2.45) is 0 Å². The number of thiophene rings is 1. The van der Waals surface area contributed by atoms with E-state index in [1.54, 1.807) is 18.4 Å². The summed E-state index contributed by atoms with van der Waals surface area (Å²) in [5.41, 5.74) is 1.14. The van der Waals surface area contributed by atoms with Crippen LogP contribution in [0.5, 0.6) is 0 Å². The molecular formula is C13H25N3O2S2. The highest BCUT2D eigenvalue weighted by atomic mass is 32.2. The largest absolute Gasteiger partial charge is 0.301 e. The molecule has 0 aromatic carbocycles. The molecule has 0 radical (unpaired) electrons. The molecule has 0 aliphatic rings. The van der Waals surface area contributed by atoms with Crippen LogP contribution in [0, 0.1) is 0 Å². The number of likely N-dealkylation sites (N-methyl/N-ethyl adjacent to an activating group) is 1. The highest BCUT2D eigenvalue weighted by molar-refractivity contribution is 7.87. The third-order valence-electron chi connectivity index (χ3n) is 3.25. The van der Waals surface area contributed by atoms with Crippen molar-refractivity contribution in [1.29, 1.82) is 0 Å². The van der Waals surface area contributed by atoms with Gasteiger partial charge in [-0.25, -0.2) is 4.72 Å². The lowest BCUT2D eigenvalue weighted by Gasteiger charge is -2.25. The first-order chi connectivity index (χ1) is 9.38. The van der Waals surface area contributed by atoms with E-state index in [0.29, 0.717) is 13.1 Å². The van der Waals surface area contributed by atoms with E-state index < -0.39 is 10.2 Å². The molecule has 0 spiro atoms. The van der Waals surface area contributed by atoms with Crippen LogP contribution in [0.2, 0.25) is 0 Å². The molecule has 0 amide bonds. The predicted octanol–water partition coefficient (Wildman–Crippen LogP) is 1.92. The van der Waals surface area contributed by atoms with Crippen molar-refractivity contribution in [2.75, 3.05) is 34.2 Å². The van der Waals surface area contributed by atoms with E-state index in [2.05, 4.69) is 10.1 Å². The Kier molecular flexibility index (Phi) is 7.11. The molecule has 1 aromatic rings. The van der Waals surface area contributed by atoms with Gasteiger partial charge in [0.2, 0.25) is 0 Å². The van der Waals surface area contributed by atoms with E-state index in [-0.39, 0.29) is 6.04 Å². The Balaban J connectivity index is 2.63. The van der Waals surface area contributed by atoms with Crippen LogP contribution in [-0.2, 0) is 10.2 Å². The monoisotopic (exact) mass is 319 g/mol. The first kappa shape index (κ1) is 17.6. The molecule has 116 valence electrons. The smallest absolute Gasteiger partial charge is 0.279 e. The molecule has 1 atom stereocenters. The first-order valence-corrected chi connectivity index (χ1v) is 9.16. The van der Waals surface area contributed by atoms with Crippen LogP contribution in [-0.4, -0.2) is 51.9 Å². The topological polar surface area (TPSA) is 52.7 Å². The average Bonchev–Trinajstić information content (AvgIpc) is 2.89. The second-order valence-electron chi connectivity index (χ2n) is 5.06. The van der Waals surface area contributed by atoms with E-state index in [1.807, 2.05) is 37.4 Å². The molecule has 0 fully saturated rings. The second-order valence-corrected chi connectivity index (χ2v) is 7.71. The van der Waals surface area contributed by atoms with Crippen LogP contribution in [0.1, 0.15) is 31.4 Å². The predicted molar refractivity (Wildman–Crippen MR) is 85.2 cm³/mol. The van der Waals surface area contributed by atoms with E-state index in [1.165, 1.54) is 4.31 Å². The normalized spacial score (nSPS) is 14.1. The molecular weight excluding hydrogens is 294 g/mol. The summed E-state index contributed by atoms with van der Waals surface area (Å²) in [5, 5.41) is 4.06. The third kappa shape index (κ3) is 5.14. The van der Waals surface area contributed by atoms with Crippen molar-refractivity contribution in [1.82, 2.24) is 13.9 Å². The maximum Gasteiger partial charge on any atom is 0.279 e. The highest BCUT2D eigenvalue weighted by Gasteiger charge is 2.21. The van der Waals surface area contributed by atoms with Crippen LogP contribution >= 0.6 is 11.3 Å². The summed E-state index contributed by atoms with van der Waals surface area (Å²) in [4.78, 5) is 2.02. The van der Waals surface area contributed by atoms with E-state index in [9.17, 15) is 8.42 Å². The molecule has 1 heterocycles. The zero-order chi connectivity index (χ0) is 15.2. The van der Waals surface area contributed by atoms with Gasteiger partial charge in [-0.2, -0.15) is 24.1 Å². The maximum atomic E-state index is 12.1. The molecule has 20 heavy (non-hydrogen) atoms. The van der Waals surface area contributed by atoms with Gasteiger partial charge < -0.3 is 4.90 Å². The summed E-state index contributed by atoms with van der Waals surface area (Å²) in [6, 6.07) is 2.08. The fraction of sp³-hybridized carbons (Fsp3) is 0.692. The quantitative estimate of drug-likeness (QED) is 0.756. The van der Waals surface area contributed by atoms with Gasteiger partial charge in [0, 0.05) is 26.2 Å². The molecule has 0 bridgehead atoms. The number of hydrogen-bond acceptors (Lipinski definition) is 4. The van der Waals surface area contributed by atoms with Crippen LogP contribution in [0.15, 0.2) is 16.8 Å². The van der Waals surface area contributed by atoms with E-state index in [4.69, 9.17) is 0 Å². The number of unbranched alkanes of at least 4 members (excludes halogenated alkanes) is 1. The van der Waals surface area contributed by atoms with Crippen molar-refractivity contribution >= 4 is 21.5 Å². The minimum atomic E-state index is -3.39. The molecule has 1 unspecified atom stereocenters. The van der Waals surface area contributed by atoms with Crippen molar-refractivity contribution in [2.45, 2.75) is 25.8 Å². The van der Waals surface area contributed by atoms with Crippen molar-refractivity contribution < 1.29 is 8.42 Å². The van der Waals surface area contributed by atoms with Gasteiger partial charge in [0.1, 0.15) is 0 Å². The number of nitrogens with zero attached hydrogens (tertiary/aromatic N) is 2. The molecule has 7 heteroatoms. The van der Waals surface area contributed by atoms with Gasteiger partial charge in [-0.05, 0) is 42.9 Å². The van der Waals surface area contributed by atoms with Crippen LogP contribution in [0.4, 0.5) is 0 Å². The lowest BCUT2D eigenvalue weighted by molar-refractivity contribution is 0.298. The van der Waals surface area contributed by atoms with Crippen molar-refractivity contribution in [3.8, 4) is 0 Å². The minimum Gasteiger partial charge on any atom is -0.301 e. The maximum absolute atomic E-state index is 12.1. The zero-order valence-corrected chi connectivity index (χ0v) is 14.3. The Hall–Kier alpha value is -0.470. The number of rotatable bonds is 9. The average molecular weight is 319 g/mol. The Bertz CT molecular complexity index is 472. The summed E-state index contributed by atoms with van der Waals surface area (Å²) in [5.74, 6) is 0. The molecule has 5 nitrogen and oxygen atoms in total. The van der Waals surface area contributed by atoms with Gasteiger partial charge in [0.15, 0.2) is 0 Å². The van der Waals surface area contributed by atoms with Crippen molar-refractivity contribution in [3.05, 3.63) is 22.4 Å². The summed E-state index contributed by atoms with van der Waals surface area (Å²) in [6.07, 6.45) is 1.86. The summed E-state index contributed by atoms with van der Waals surface area (Å²) in [7, 11) is 2.14. The lowest BCUT2D eigenvalue weighted by atomic mass is 10.1. The minimum absolute atomic E-state index is 0.0515. The molecule has 1 aromatic heterocycles. The van der Waals surface area contributed by atoms with E-state index >= 15 is 0 Å². The van der Waals surface area contributed by atoms with Gasteiger partial charge in [-0.1, -0.05) is 13.3 Å². The van der Waals surface area contributed by atoms with Crippen LogP contribution < -0.4 is 4.72 Å². The van der Waals surface area contributed by atoms with Crippen molar-refractivity contribution in [3.63, 3.8) is 0 Å². The molecule has 0 aliphatic carbocycles. The Labute approximate surface area is 126 Å². The van der Waals surface area contributed by atoms with Gasteiger partial charge in [-0.3, -0.25) is 0 Å². The fourth-order valence-electron chi connectivity index (χ4n) is 1.86. The van der Waals surface area contributed by atoms with Gasteiger partial charge in [0.25, 0.3) is 10.2 Å². The van der Waals surface area contributed by atoms with Crippen LogP contribution in [0.25, 0.3) is 0 Å². The standard InChI is InChI=1S/C13H25N3O2S2/c1-5-6-8-16(4)20(17,18)14-10-13(15(2)3)12-7-9-19-11-12/h7,9,11,13-14H,5-6,8,10H2,1-4H3. The van der Waals surface area contributed by atoms with Gasteiger partial charge in [0.05, 0.1) is 0 Å². The molecule has 1 N–H and O–H groups in total.